The second-order valence-electron chi connectivity index (χ2n) is 1.86. The van der Waals surface area contributed by atoms with Crippen LogP contribution in [-0.2, 0) is 33.6 Å². The average Bonchev–Trinajstić information content (AvgIpc) is 3.22. The maximum Gasteiger partial charge on any atom is 3.00 e. The minimum Gasteiger partial charge on any atom is -0.444 e. The predicted molar refractivity (Wildman–Crippen MR) is 107 cm³/mol. The summed E-state index contributed by atoms with van der Waals surface area (Å²) in [6.45, 7) is 0. The van der Waals surface area contributed by atoms with Gasteiger partial charge in [-0.2, -0.15) is 10.4 Å². The van der Waals surface area contributed by atoms with Crippen LogP contribution in [0.3, 0.4) is 0 Å². The van der Waals surface area contributed by atoms with Crippen molar-refractivity contribution in [3.05, 3.63) is 40.5 Å². The van der Waals surface area contributed by atoms with Gasteiger partial charge in [0.05, 0.1) is 0 Å². The Morgan fingerprint density at radius 2 is 0.676 bits per heavy atom. The van der Waals surface area contributed by atoms with E-state index in [4.69, 9.17) is 40.5 Å². The van der Waals surface area contributed by atoms with Crippen LogP contribution in [0.1, 0.15) is 0 Å². The van der Waals surface area contributed by atoms with Gasteiger partial charge in [0.1, 0.15) is 11.9 Å². The van der Waals surface area contributed by atoms with Gasteiger partial charge in [0.25, 0.3) is 0 Å². The number of azo groups is 1. The van der Waals surface area contributed by atoms with Crippen LogP contribution in [0.2, 0.25) is 0 Å². The van der Waals surface area contributed by atoms with Gasteiger partial charge < -0.3 is 89.7 Å². The predicted octanol–water partition coefficient (Wildman–Crippen LogP) is 0.680. The summed E-state index contributed by atoms with van der Waals surface area (Å²) < 4.78 is 0. The van der Waals surface area contributed by atoms with Crippen molar-refractivity contribution in [1.29, 1.82) is 0 Å². The zero-order valence-corrected chi connectivity index (χ0v) is 18.9. The van der Waals surface area contributed by atoms with Crippen molar-refractivity contribution in [2.45, 2.75) is 0 Å². The average molecular weight is 602 g/mol. The molecule has 0 saturated carbocycles. The molecule has 0 spiro atoms. The van der Waals surface area contributed by atoms with E-state index in [1.807, 2.05) is 0 Å². The molecule has 30 nitrogen and oxygen atoms in total. The Hall–Kier alpha value is -3.97. The first-order chi connectivity index (χ1) is 11.6. The Morgan fingerprint density at radius 3 is 0.794 bits per heavy atom. The third-order valence-corrected chi connectivity index (χ3v) is 0.846. The fraction of sp³-hybridized carbons (Fsp3) is 0. The van der Waals surface area contributed by atoms with Crippen LogP contribution in [0.25, 0.3) is 0 Å². The van der Waals surface area contributed by atoms with Gasteiger partial charge in [0, 0.05) is 0 Å². The van der Waals surface area contributed by atoms with Crippen LogP contribution < -0.4 is 59.4 Å². The summed E-state index contributed by atoms with van der Waals surface area (Å²) in [7, 11) is 0. The molecule has 2 aromatic rings. The number of hydrogen-bond donors (Lipinski definition) is 8. The summed E-state index contributed by atoms with van der Waals surface area (Å²) in [5, 5.41) is 69.3. The second kappa shape index (κ2) is 88.8. The molecule has 0 aliphatic rings. The second-order valence-corrected chi connectivity index (χ2v) is 1.86. The SMILES string of the molecule is N.N.N.N.N.N.N.N.N(=N\c1nnn[n-]1)/c1nnn[n-]1.O=N[O-].O=N[O-].O=N[O-].O=N[O-].[Co+3].[Co+3]. The van der Waals surface area contributed by atoms with Gasteiger partial charge in [-0.05, 0) is 0 Å². The molecule has 2 heterocycles. The van der Waals surface area contributed by atoms with Crippen LogP contribution in [-0.4, -0.2) is 31.1 Å². The quantitative estimate of drug-likeness (QED) is 0.133. The number of aromatic nitrogens is 8. The fourth-order valence-electron chi connectivity index (χ4n) is 0.449. The van der Waals surface area contributed by atoms with E-state index < -0.39 is 0 Å². The van der Waals surface area contributed by atoms with Gasteiger partial charge >= 0.3 is 33.6 Å². The largest absolute Gasteiger partial charge is 3.00 e. The molecule has 2 aromatic heterocycles. The van der Waals surface area contributed by atoms with Crippen LogP contribution in [0, 0.1) is 40.5 Å². The summed E-state index contributed by atoms with van der Waals surface area (Å²) in [4.78, 5) is 32.0. The maximum atomic E-state index is 8.00. The molecule has 32 heteroatoms. The van der Waals surface area contributed by atoms with Crippen molar-refractivity contribution in [2.24, 2.45) is 31.6 Å². The summed E-state index contributed by atoms with van der Waals surface area (Å²) in [5.74, 6) is 0.0830. The Morgan fingerprint density at radius 1 is 0.500 bits per heavy atom. The van der Waals surface area contributed by atoms with Crippen molar-refractivity contribution in [2.75, 3.05) is 0 Å². The van der Waals surface area contributed by atoms with Gasteiger partial charge in [-0.15, -0.1) is 31.8 Å². The topological polar surface area (TPSA) is 620 Å². The van der Waals surface area contributed by atoms with Crippen LogP contribution in [0.4, 0.5) is 11.9 Å². The number of nitrogens with zero attached hydrogens (tertiary/aromatic N) is 14. The van der Waals surface area contributed by atoms with E-state index in [0.29, 0.717) is 0 Å². The van der Waals surface area contributed by atoms with Gasteiger partial charge in [0.2, 0.25) is 0 Å². The van der Waals surface area contributed by atoms with E-state index in [-0.39, 0.29) is 94.7 Å². The first kappa shape index (κ1) is 87.3. The van der Waals surface area contributed by atoms with Crippen LogP contribution >= 0.6 is 0 Å². The zero-order chi connectivity index (χ0) is 19.1. The molecule has 0 radical (unpaired) electrons. The number of hydrogen-bond acceptors (Lipinski definition) is 28. The van der Waals surface area contributed by atoms with Crippen molar-refractivity contribution in [3.63, 3.8) is 0 Å². The normalized spacial score (nSPS) is 5.29. The minimum atomic E-state index is 0. The number of tetrazole rings is 2. The van der Waals surface area contributed by atoms with E-state index in [1.165, 1.54) is 0 Å². The Balaban J connectivity index is -0.0000000162. The molecule has 0 bridgehead atoms. The van der Waals surface area contributed by atoms with Crippen molar-refractivity contribution < 1.29 is 33.6 Å². The molecule has 0 amide bonds. The van der Waals surface area contributed by atoms with Gasteiger partial charge in [-0.3, -0.25) is 20.4 Å². The monoisotopic (exact) mass is 602 g/mol. The first-order valence-corrected chi connectivity index (χ1v) is 4.20. The van der Waals surface area contributed by atoms with Crippen LogP contribution in [0.5, 0.6) is 0 Å². The molecule has 0 aliphatic carbocycles. The molecule has 2 rings (SSSR count). The van der Waals surface area contributed by atoms with Crippen molar-refractivity contribution in [1.82, 2.24) is 90.5 Å². The van der Waals surface area contributed by atoms with E-state index in [2.05, 4.69) is 51.5 Å². The summed E-state index contributed by atoms with van der Waals surface area (Å²) in [6, 6.07) is 0. The van der Waals surface area contributed by atoms with Gasteiger partial charge in [-0.1, -0.05) is 0 Å². The van der Waals surface area contributed by atoms with E-state index >= 15 is 0 Å². The summed E-state index contributed by atoms with van der Waals surface area (Å²) in [5.41, 5.74) is 0. The van der Waals surface area contributed by atoms with E-state index in [0.717, 1.165) is 21.4 Å². The molecule has 0 saturated heterocycles. The third-order valence-electron chi connectivity index (χ3n) is 0.846. The van der Waals surface area contributed by atoms with E-state index in [1.54, 1.807) is 0 Å². The standard InChI is InChI=1S/C2N10.2Co.4HNO2.8H3N/c3(1-5-9-10-6-1)4-2-7-11-12-8-2;;;4*2-1-3;;;;;;;;/h;;;4*(H,2,3);8*1H3/q-2;2*+3;;;;;;;;;;;;/p-4/b4-3+;;;;;;;;;;;;;;. The third kappa shape index (κ3) is 90.6. The van der Waals surface area contributed by atoms with Gasteiger partial charge in [0.15, 0.2) is 0 Å². The van der Waals surface area contributed by atoms with Crippen molar-refractivity contribution in [3.8, 4) is 0 Å². The molecular weight excluding hydrogens is 578 g/mol. The Bertz CT molecular complexity index is 477. The summed E-state index contributed by atoms with van der Waals surface area (Å²) >= 11 is 0. The Labute approximate surface area is 208 Å². The molecular formula is C2H24Co2N22O8. The molecule has 0 aliphatic heterocycles. The van der Waals surface area contributed by atoms with E-state index in [9.17, 15) is 0 Å². The molecule has 0 aromatic carbocycles. The Kier molecular flexibility index (Phi) is 228. The molecule has 208 valence electrons. The molecule has 34 heavy (non-hydrogen) atoms. The molecule has 0 atom stereocenters. The van der Waals surface area contributed by atoms with Crippen LogP contribution in [0.15, 0.2) is 31.6 Å². The molecule has 24 N–H and O–H groups in total. The maximum absolute atomic E-state index is 8.00. The molecule has 0 unspecified atom stereocenters. The number of rotatable bonds is 2. The first-order valence-electron chi connectivity index (χ1n) is 4.20. The smallest absolute Gasteiger partial charge is 0.444 e. The van der Waals surface area contributed by atoms with Gasteiger partial charge in [-0.25, -0.2) is 10.2 Å². The zero-order valence-electron chi connectivity index (χ0n) is 16.9. The molecule has 0 fully saturated rings. The summed E-state index contributed by atoms with van der Waals surface area (Å²) in [6.07, 6.45) is 0. The van der Waals surface area contributed by atoms with Crippen molar-refractivity contribution >= 4 is 11.9 Å². The minimum absolute atomic E-state index is 0. The fourth-order valence-corrected chi connectivity index (χ4v) is 0.449.